The van der Waals surface area contributed by atoms with Crippen molar-refractivity contribution in [3.63, 3.8) is 0 Å². The second-order valence-electron chi connectivity index (χ2n) is 6.60. The van der Waals surface area contributed by atoms with E-state index in [9.17, 15) is 5.26 Å². The molecule has 2 aromatic rings. The molecule has 0 aromatic carbocycles. The Morgan fingerprint density at radius 2 is 2.21 bits per heavy atom. The molecule has 24 heavy (non-hydrogen) atoms. The van der Waals surface area contributed by atoms with E-state index in [4.69, 9.17) is 0 Å². The van der Waals surface area contributed by atoms with Gasteiger partial charge in [0.05, 0.1) is 0 Å². The van der Waals surface area contributed by atoms with Gasteiger partial charge in [-0.2, -0.15) is 5.26 Å². The molecule has 0 spiro atoms. The Hall–Kier alpha value is -2.39. The first kappa shape index (κ1) is 16.5. The van der Waals surface area contributed by atoms with E-state index >= 15 is 0 Å². The fourth-order valence-corrected chi connectivity index (χ4v) is 3.02. The summed E-state index contributed by atoms with van der Waals surface area (Å²) in [6.45, 7) is 6.17. The van der Waals surface area contributed by atoms with Crippen LogP contribution in [0, 0.1) is 11.3 Å². The van der Waals surface area contributed by atoms with Crippen LogP contribution in [-0.4, -0.2) is 35.1 Å². The van der Waals surface area contributed by atoms with Crippen molar-refractivity contribution in [3.8, 4) is 6.07 Å². The third kappa shape index (κ3) is 3.92. The summed E-state index contributed by atoms with van der Waals surface area (Å²) in [4.78, 5) is 8.95. The van der Waals surface area contributed by atoms with Crippen LogP contribution in [-0.2, 0) is 0 Å². The zero-order valence-corrected chi connectivity index (χ0v) is 14.3. The molecule has 1 saturated heterocycles. The van der Waals surface area contributed by atoms with Crippen molar-refractivity contribution in [3.05, 3.63) is 24.0 Å². The number of hydrogen-bond donors (Lipinski definition) is 3. The Balaban J connectivity index is 1.92. The van der Waals surface area contributed by atoms with Crippen LogP contribution in [0.4, 0.5) is 11.6 Å². The van der Waals surface area contributed by atoms with Gasteiger partial charge in [0, 0.05) is 35.6 Å². The summed E-state index contributed by atoms with van der Waals surface area (Å²) < 4.78 is 0. The lowest BCUT2D eigenvalue weighted by Gasteiger charge is -2.18. The van der Waals surface area contributed by atoms with Crippen LogP contribution < -0.4 is 16.0 Å². The summed E-state index contributed by atoms with van der Waals surface area (Å²) in [5, 5.41) is 21.4. The van der Waals surface area contributed by atoms with Crippen LogP contribution in [0.5, 0.6) is 0 Å². The topological polar surface area (TPSA) is 85.7 Å². The predicted octanol–water partition coefficient (Wildman–Crippen LogP) is 2.88. The van der Waals surface area contributed by atoms with Gasteiger partial charge in [-0.1, -0.05) is 6.42 Å². The maximum absolute atomic E-state index is 9.17. The minimum atomic E-state index is 0.241. The van der Waals surface area contributed by atoms with Crippen LogP contribution >= 0.6 is 0 Å². The van der Waals surface area contributed by atoms with E-state index in [-0.39, 0.29) is 6.04 Å². The number of fused-ring (bicyclic) bond motifs is 1. The first-order valence-electron chi connectivity index (χ1n) is 8.60. The van der Waals surface area contributed by atoms with Gasteiger partial charge in [-0.05, 0) is 45.4 Å². The molecule has 0 radical (unpaired) electrons. The highest BCUT2D eigenvalue weighted by molar-refractivity contribution is 5.93. The van der Waals surface area contributed by atoms with E-state index in [0.29, 0.717) is 11.7 Å². The smallest absolute Gasteiger partial charge is 0.143 e. The van der Waals surface area contributed by atoms with Gasteiger partial charge in [-0.3, -0.25) is 0 Å². The van der Waals surface area contributed by atoms with Gasteiger partial charge in [0.1, 0.15) is 23.4 Å². The molecule has 2 aromatic heterocycles. The standard InChI is InChI=1S/C18H24N6/c1-12(2)22-18-16-8-17(23-14-5-3-4-6-20-11-14)21-10-13(16)7-15(9-19)24-18/h7-8,10,12,14,20H,3-6,11H2,1-2H3,(H,21,23)(H,22,24)/t14-/m0/s1. The van der Waals surface area contributed by atoms with Crippen LogP contribution in [0.2, 0.25) is 0 Å². The first-order chi connectivity index (χ1) is 11.7. The number of nitrogens with zero attached hydrogens (tertiary/aromatic N) is 3. The second-order valence-corrected chi connectivity index (χ2v) is 6.60. The van der Waals surface area contributed by atoms with Crippen molar-refractivity contribution in [2.75, 3.05) is 23.7 Å². The van der Waals surface area contributed by atoms with Crippen molar-refractivity contribution in [2.24, 2.45) is 0 Å². The molecule has 1 aliphatic rings. The van der Waals surface area contributed by atoms with Crippen LogP contribution in [0.1, 0.15) is 38.8 Å². The molecule has 0 aliphatic carbocycles. The normalized spacial score (nSPS) is 18.2. The fraction of sp³-hybridized carbons (Fsp3) is 0.500. The number of pyridine rings is 2. The average molecular weight is 324 g/mol. The highest BCUT2D eigenvalue weighted by Crippen LogP contribution is 2.25. The van der Waals surface area contributed by atoms with Crippen LogP contribution in [0.15, 0.2) is 18.3 Å². The minimum absolute atomic E-state index is 0.241. The Bertz CT molecular complexity index is 741. The van der Waals surface area contributed by atoms with E-state index in [1.807, 2.05) is 12.3 Å². The van der Waals surface area contributed by atoms with Crippen LogP contribution in [0.3, 0.4) is 0 Å². The van der Waals surface area contributed by atoms with Gasteiger partial charge in [-0.25, -0.2) is 9.97 Å². The summed E-state index contributed by atoms with van der Waals surface area (Å²) in [5.41, 5.74) is 0.404. The number of hydrogen-bond acceptors (Lipinski definition) is 6. The van der Waals surface area contributed by atoms with E-state index < -0.39 is 0 Å². The monoisotopic (exact) mass is 324 g/mol. The van der Waals surface area contributed by atoms with Crippen molar-refractivity contribution in [2.45, 2.75) is 45.2 Å². The summed E-state index contributed by atoms with van der Waals surface area (Å²) in [5.74, 6) is 1.60. The molecule has 126 valence electrons. The molecule has 6 heteroatoms. The third-order valence-electron chi connectivity index (χ3n) is 4.15. The predicted molar refractivity (Wildman–Crippen MR) is 97.1 cm³/mol. The molecule has 3 heterocycles. The van der Waals surface area contributed by atoms with Crippen molar-refractivity contribution in [1.82, 2.24) is 15.3 Å². The molecule has 3 rings (SSSR count). The highest BCUT2D eigenvalue weighted by Gasteiger charge is 2.14. The largest absolute Gasteiger partial charge is 0.367 e. The zero-order chi connectivity index (χ0) is 16.9. The summed E-state index contributed by atoms with van der Waals surface area (Å²) in [6.07, 6.45) is 5.42. The van der Waals surface area contributed by atoms with E-state index in [1.165, 1.54) is 12.8 Å². The summed E-state index contributed by atoms with van der Waals surface area (Å²) >= 11 is 0. The molecule has 0 amide bonds. The van der Waals surface area contributed by atoms with Gasteiger partial charge in [0.15, 0.2) is 0 Å². The van der Waals surface area contributed by atoms with E-state index in [1.54, 1.807) is 6.07 Å². The Labute approximate surface area is 142 Å². The SMILES string of the molecule is CC(C)Nc1nc(C#N)cc2cnc(N[C@H]3CCCCNC3)cc12. The molecule has 0 saturated carbocycles. The van der Waals surface area contributed by atoms with E-state index in [0.717, 1.165) is 41.9 Å². The molecule has 6 nitrogen and oxygen atoms in total. The maximum Gasteiger partial charge on any atom is 0.143 e. The summed E-state index contributed by atoms with van der Waals surface area (Å²) in [6, 6.07) is 6.56. The van der Waals surface area contributed by atoms with Gasteiger partial charge >= 0.3 is 0 Å². The zero-order valence-electron chi connectivity index (χ0n) is 14.3. The third-order valence-corrected chi connectivity index (χ3v) is 4.15. The number of rotatable bonds is 4. The Kier molecular flexibility index (Phi) is 5.11. The van der Waals surface area contributed by atoms with Crippen LogP contribution in [0.25, 0.3) is 10.8 Å². The van der Waals surface area contributed by atoms with Crippen molar-refractivity contribution < 1.29 is 0 Å². The maximum atomic E-state index is 9.17. The fourth-order valence-electron chi connectivity index (χ4n) is 3.02. The number of anilines is 2. The molecule has 0 bridgehead atoms. The Morgan fingerprint density at radius 3 is 3.00 bits per heavy atom. The molecular weight excluding hydrogens is 300 g/mol. The van der Waals surface area contributed by atoms with Gasteiger partial charge in [-0.15, -0.1) is 0 Å². The highest BCUT2D eigenvalue weighted by atomic mass is 15.1. The molecule has 0 unspecified atom stereocenters. The molecule has 1 aliphatic heterocycles. The Morgan fingerprint density at radius 1 is 1.33 bits per heavy atom. The van der Waals surface area contributed by atoms with Gasteiger partial charge in [0.25, 0.3) is 0 Å². The minimum Gasteiger partial charge on any atom is -0.367 e. The number of nitriles is 1. The van der Waals surface area contributed by atoms with Gasteiger partial charge < -0.3 is 16.0 Å². The molecule has 1 fully saturated rings. The lowest BCUT2D eigenvalue weighted by molar-refractivity contribution is 0.634. The molecule has 3 N–H and O–H groups in total. The van der Waals surface area contributed by atoms with Crippen molar-refractivity contribution in [1.29, 1.82) is 5.26 Å². The van der Waals surface area contributed by atoms with Gasteiger partial charge in [0.2, 0.25) is 0 Å². The lowest BCUT2D eigenvalue weighted by Crippen LogP contribution is -2.31. The molecular formula is C18H24N6. The molecule has 1 atom stereocenters. The number of nitrogens with one attached hydrogen (secondary N) is 3. The van der Waals surface area contributed by atoms with E-state index in [2.05, 4.69) is 45.8 Å². The van der Waals surface area contributed by atoms with Crippen molar-refractivity contribution >= 4 is 22.4 Å². The summed E-state index contributed by atoms with van der Waals surface area (Å²) in [7, 11) is 0. The average Bonchev–Trinajstić information content (AvgIpc) is 2.83. The lowest BCUT2D eigenvalue weighted by atomic mass is 10.1. The quantitative estimate of drug-likeness (QED) is 0.802. The second kappa shape index (κ2) is 7.45. The number of aromatic nitrogens is 2. The first-order valence-corrected chi connectivity index (χ1v) is 8.60.